The van der Waals surface area contributed by atoms with Crippen LogP contribution in [-0.2, 0) is 25.3 Å². The standard InChI is InChI=1S/C24H23F6N5O2S/c1-13-2-3-14(7-19(13)36)6-18-11-34(12-20-32-22(31)38-33-20)4-5-35(18)21(37)15-8-16(23(25,26)27)10-17(9-15)24(28,29)30/h2-3,7-10,18,36H,4-6,11-12H2,1H3,(H2,31,32,33)/t18-/m1/s1. The van der Waals surface area contributed by atoms with Crippen molar-refractivity contribution < 1.29 is 36.2 Å². The Kier molecular flexibility index (Phi) is 7.57. The average molecular weight is 560 g/mol. The molecule has 0 spiro atoms. The van der Waals surface area contributed by atoms with E-state index in [1.165, 1.54) is 11.0 Å². The summed E-state index contributed by atoms with van der Waals surface area (Å²) in [7, 11) is 0. The van der Waals surface area contributed by atoms with E-state index in [0.29, 0.717) is 35.6 Å². The van der Waals surface area contributed by atoms with Crippen molar-refractivity contribution in [1.29, 1.82) is 0 Å². The lowest BCUT2D eigenvalue weighted by molar-refractivity contribution is -0.143. The number of aryl methyl sites for hydroxylation is 1. The van der Waals surface area contributed by atoms with E-state index in [1.807, 2.05) is 4.90 Å². The van der Waals surface area contributed by atoms with Crippen LogP contribution in [0.4, 0.5) is 31.5 Å². The number of alkyl halides is 6. The summed E-state index contributed by atoms with van der Waals surface area (Å²) in [5.74, 6) is -0.451. The van der Waals surface area contributed by atoms with Crippen LogP contribution in [0.15, 0.2) is 36.4 Å². The average Bonchev–Trinajstić information content (AvgIpc) is 3.24. The number of phenolic OH excluding ortho intramolecular Hbond substituents is 1. The zero-order valence-corrected chi connectivity index (χ0v) is 20.8. The Balaban J connectivity index is 1.66. The Bertz CT molecular complexity index is 1290. The van der Waals surface area contributed by atoms with Crippen molar-refractivity contribution in [1.82, 2.24) is 19.2 Å². The number of hydrogen-bond acceptors (Lipinski definition) is 7. The first-order chi connectivity index (χ1) is 17.7. The molecule has 1 aliphatic rings. The summed E-state index contributed by atoms with van der Waals surface area (Å²) in [5.41, 5.74) is 3.10. The second-order valence-electron chi connectivity index (χ2n) is 9.06. The minimum absolute atomic E-state index is 0.00611. The molecule has 0 bridgehead atoms. The van der Waals surface area contributed by atoms with Gasteiger partial charge in [-0.3, -0.25) is 9.69 Å². The fraction of sp³-hybridized carbons (Fsp3) is 0.375. The van der Waals surface area contributed by atoms with Gasteiger partial charge in [0.15, 0.2) is 11.0 Å². The number of phenols is 1. The Hall–Kier alpha value is -3.39. The molecule has 1 aromatic heterocycles. The zero-order valence-electron chi connectivity index (χ0n) is 20.0. The number of nitrogen functional groups attached to an aromatic ring is 1. The van der Waals surface area contributed by atoms with Crippen LogP contribution in [0.25, 0.3) is 0 Å². The van der Waals surface area contributed by atoms with Crippen molar-refractivity contribution in [2.75, 3.05) is 25.4 Å². The van der Waals surface area contributed by atoms with E-state index < -0.39 is 41.0 Å². The van der Waals surface area contributed by atoms with E-state index in [0.717, 1.165) is 11.5 Å². The minimum atomic E-state index is -5.07. The van der Waals surface area contributed by atoms with Gasteiger partial charge in [0.2, 0.25) is 0 Å². The van der Waals surface area contributed by atoms with E-state index in [9.17, 15) is 36.2 Å². The van der Waals surface area contributed by atoms with Crippen molar-refractivity contribution in [3.8, 4) is 5.75 Å². The third-order valence-corrected chi connectivity index (χ3v) is 6.84. The molecule has 1 amide bonds. The van der Waals surface area contributed by atoms with Crippen LogP contribution in [0.5, 0.6) is 5.75 Å². The maximum atomic E-state index is 13.4. The smallest absolute Gasteiger partial charge is 0.416 e. The van der Waals surface area contributed by atoms with Crippen LogP contribution in [0.1, 0.15) is 38.4 Å². The summed E-state index contributed by atoms with van der Waals surface area (Å²) in [6.45, 7) is 2.57. The highest BCUT2D eigenvalue weighted by Gasteiger charge is 2.39. The first kappa shape index (κ1) is 27.6. The third kappa shape index (κ3) is 6.35. The highest BCUT2D eigenvalue weighted by atomic mass is 32.1. The van der Waals surface area contributed by atoms with E-state index in [4.69, 9.17) is 5.73 Å². The van der Waals surface area contributed by atoms with Crippen molar-refractivity contribution in [3.05, 3.63) is 70.0 Å². The molecule has 1 fully saturated rings. The van der Waals surface area contributed by atoms with Gasteiger partial charge in [-0.05, 0) is 48.7 Å². The van der Waals surface area contributed by atoms with Crippen molar-refractivity contribution >= 4 is 22.6 Å². The van der Waals surface area contributed by atoms with Gasteiger partial charge >= 0.3 is 12.4 Å². The number of anilines is 1. The maximum Gasteiger partial charge on any atom is 0.416 e. The molecule has 4 rings (SSSR count). The molecule has 14 heteroatoms. The van der Waals surface area contributed by atoms with Crippen molar-refractivity contribution in [2.24, 2.45) is 0 Å². The summed E-state index contributed by atoms with van der Waals surface area (Å²) >= 11 is 1.02. The fourth-order valence-corrected chi connectivity index (χ4v) is 4.78. The summed E-state index contributed by atoms with van der Waals surface area (Å²) in [6, 6.07) is 5.20. The number of aromatic nitrogens is 2. The van der Waals surface area contributed by atoms with Gasteiger partial charge in [0.05, 0.1) is 17.7 Å². The number of halogens is 6. The lowest BCUT2D eigenvalue weighted by Crippen LogP contribution is -2.55. The Morgan fingerprint density at radius 1 is 1.08 bits per heavy atom. The van der Waals surface area contributed by atoms with Crippen molar-refractivity contribution in [3.63, 3.8) is 0 Å². The number of carbonyl (C=O) groups is 1. The number of rotatable bonds is 5. The van der Waals surface area contributed by atoms with Crippen LogP contribution in [0.3, 0.4) is 0 Å². The largest absolute Gasteiger partial charge is 0.508 e. The summed E-state index contributed by atoms with van der Waals surface area (Å²) in [4.78, 5) is 20.8. The number of hydrogen-bond donors (Lipinski definition) is 2. The molecule has 2 heterocycles. The second kappa shape index (κ2) is 10.4. The molecule has 0 radical (unpaired) electrons. The Morgan fingerprint density at radius 2 is 1.74 bits per heavy atom. The lowest BCUT2D eigenvalue weighted by Gasteiger charge is -2.41. The monoisotopic (exact) mass is 559 g/mol. The van der Waals surface area contributed by atoms with Gasteiger partial charge in [0, 0.05) is 42.8 Å². The van der Waals surface area contributed by atoms with Gasteiger partial charge in [-0.1, -0.05) is 12.1 Å². The molecule has 38 heavy (non-hydrogen) atoms. The van der Waals surface area contributed by atoms with E-state index in [1.54, 1.807) is 19.1 Å². The number of nitrogens with two attached hydrogens (primary N) is 1. The van der Waals surface area contributed by atoms with Crippen LogP contribution < -0.4 is 5.73 Å². The number of nitrogens with zero attached hydrogens (tertiary/aromatic N) is 4. The minimum Gasteiger partial charge on any atom is -0.508 e. The molecule has 0 saturated carbocycles. The van der Waals surface area contributed by atoms with E-state index in [-0.39, 0.29) is 43.0 Å². The quantitative estimate of drug-likeness (QED) is 0.439. The van der Waals surface area contributed by atoms with Crippen LogP contribution in [0, 0.1) is 6.92 Å². The number of benzene rings is 2. The highest BCUT2D eigenvalue weighted by Crippen LogP contribution is 2.37. The topological polar surface area (TPSA) is 95.6 Å². The van der Waals surface area contributed by atoms with Crippen LogP contribution in [0.2, 0.25) is 0 Å². The van der Waals surface area contributed by atoms with Crippen molar-refractivity contribution in [2.45, 2.75) is 38.3 Å². The Morgan fingerprint density at radius 3 is 2.29 bits per heavy atom. The van der Waals surface area contributed by atoms with Gasteiger partial charge in [-0.25, -0.2) is 4.98 Å². The molecule has 3 aromatic rings. The molecular formula is C24H23F6N5O2S. The molecule has 0 unspecified atom stereocenters. The maximum absolute atomic E-state index is 13.4. The molecule has 2 aromatic carbocycles. The number of carbonyl (C=O) groups excluding carboxylic acids is 1. The molecule has 7 nitrogen and oxygen atoms in total. The molecule has 204 valence electrons. The number of amides is 1. The summed E-state index contributed by atoms with van der Waals surface area (Å²) < 4.78 is 84.5. The molecule has 3 N–H and O–H groups in total. The first-order valence-electron chi connectivity index (χ1n) is 11.4. The highest BCUT2D eigenvalue weighted by molar-refractivity contribution is 7.09. The Labute approximate surface area is 217 Å². The zero-order chi connectivity index (χ0) is 27.8. The van der Waals surface area contributed by atoms with E-state index in [2.05, 4.69) is 9.36 Å². The number of piperazine rings is 1. The second-order valence-corrected chi connectivity index (χ2v) is 9.84. The van der Waals surface area contributed by atoms with Crippen LogP contribution in [-0.4, -0.2) is 55.8 Å². The van der Waals surface area contributed by atoms with Gasteiger partial charge in [0.25, 0.3) is 5.91 Å². The molecule has 1 saturated heterocycles. The molecular weight excluding hydrogens is 536 g/mol. The summed E-state index contributed by atoms with van der Waals surface area (Å²) in [6.07, 6.45) is -9.94. The predicted octanol–water partition coefficient (Wildman–Crippen LogP) is 4.74. The lowest BCUT2D eigenvalue weighted by atomic mass is 9.98. The summed E-state index contributed by atoms with van der Waals surface area (Å²) in [5, 5.41) is 10.4. The van der Waals surface area contributed by atoms with Gasteiger partial charge in [-0.15, -0.1) is 0 Å². The fourth-order valence-electron chi connectivity index (χ4n) is 4.34. The molecule has 1 aliphatic heterocycles. The van der Waals surface area contributed by atoms with E-state index >= 15 is 0 Å². The predicted molar refractivity (Wildman–Crippen MR) is 127 cm³/mol. The molecule has 1 atom stereocenters. The van der Waals surface area contributed by atoms with Gasteiger partial charge in [-0.2, -0.15) is 30.7 Å². The SMILES string of the molecule is Cc1ccc(C[C@@H]2CN(Cc3nsc(N)n3)CCN2C(=O)c2cc(C(F)(F)F)cc(C(F)(F)F)c2)cc1O. The normalized spacial score (nSPS) is 17.1. The third-order valence-electron chi connectivity index (χ3n) is 6.26. The van der Waals surface area contributed by atoms with Gasteiger partial charge in [0.1, 0.15) is 5.75 Å². The first-order valence-corrected chi connectivity index (χ1v) is 12.2. The van der Waals surface area contributed by atoms with Gasteiger partial charge < -0.3 is 15.7 Å². The van der Waals surface area contributed by atoms with Crippen LogP contribution >= 0.6 is 11.5 Å². The number of aromatic hydroxyl groups is 1. The molecule has 0 aliphatic carbocycles.